The highest BCUT2D eigenvalue weighted by Gasteiger charge is 2.09. The monoisotopic (exact) mass is 306 g/mol. The topological polar surface area (TPSA) is 60.2 Å². The van der Waals surface area contributed by atoms with E-state index in [-0.39, 0.29) is 6.04 Å². The van der Waals surface area contributed by atoms with Crippen LogP contribution < -0.4 is 10.6 Å². The van der Waals surface area contributed by atoms with Crippen LogP contribution in [-0.4, -0.2) is 13.0 Å². The molecule has 0 saturated carbocycles. The molecule has 4 nitrogen and oxygen atoms in total. The maximum atomic E-state index is 8.82. The molecule has 1 unspecified atom stereocenters. The number of hydrogen-bond acceptors (Lipinski definition) is 2. The normalized spacial score (nSPS) is 12.3. The summed E-state index contributed by atoms with van der Waals surface area (Å²) in [6.07, 6.45) is 0. The molecule has 2 N–H and O–H groups in total. The quantitative estimate of drug-likeness (QED) is 0.673. The number of aliphatic imine (C=N–C) groups is 1. The van der Waals surface area contributed by atoms with Gasteiger partial charge in [0.15, 0.2) is 5.96 Å². The number of nitrogens with one attached hydrogen (secondary N) is 2. The summed E-state index contributed by atoms with van der Waals surface area (Å²) >= 11 is 0. The lowest BCUT2D eigenvalue weighted by Gasteiger charge is -2.20. The van der Waals surface area contributed by atoms with Crippen molar-refractivity contribution in [1.82, 2.24) is 10.6 Å². The Hall–Kier alpha value is -2.80. The highest BCUT2D eigenvalue weighted by atomic mass is 15.2. The van der Waals surface area contributed by atoms with Crippen LogP contribution in [0, 0.1) is 18.3 Å². The van der Waals surface area contributed by atoms with E-state index in [2.05, 4.69) is 47.7 Å². The molecule has 0 spiro atoms. The van der Waals surface area contributed by atoms with E-state index in [1.54, 1.807) is 7.05 Å². The summed E-state index contributed by atoms with van der Waals surface area (Å²) in [5.41, 5.74) is 4.30. The van der Waals surface area contributed by atoms with Gasteiger partial charge in [0.25, 0.3) is 0 Å². The Morgan fingerprint density at radius 3 is 2.48 bits per heavy atom. The van der Waals surface area contributed by atoms with Crippen LogP contribution in [0.3, 0.4) is 0 Å². The molecule has 0 saturated heterocycles. The second kappa shape index (κ2) is 8.00. The van der Waals surface area contributed by atoms with Crippen molar-refractivity contribution in [2.75, 3.05) is 7.05 Å². The van der Waals surface area contributed by atoms with Crippen LogP contribution in [0.5, 0.6) is 0 Å². The first kappa shape index (κ1) is 16.6. The van der Waals surface area contributed by atoms with Crippen molar-refractivity contribution < 1.29 is 0 Å². The van der Waals surface area contributed by atoms with Gasteiger partial charge in [0.2, 0.25) is 0 Å². The van der Waals surface area contributed by atoms with E-state index in [9.17, 15) is 0 Å². The van der Waals surface area contributed by atoms with Crippen LogP contribution in [0.2, 0.25) is 0 Å². The van der Waals surface area contributed by atoms with Gasteiger partial charge in [0.05, 0.1) is 17.7 Å². The zero-order valence-electron chi connectivity index (χ0n) is 13.8. The minimum Gasteiger partial charge on any atom is -0.352 e. The van der Waals surface area contributed by atoms with E-state index in [4.69, 9.17) is 5.26 Å². The molecule has 1 atom stereocenters. The van der Waals surface area contributed by atoms with Crippen LogP contribution in [0.1, 0.15) is 35.2 Å². The minimum atomic E-state index is 0.170. The summed E-state index contributed by atoms with van der Waals surface area (Å²) in [5.74, 6) is 0.755. The minimum absolute atomic E-state index is 0.170. The molecule has 0 aliphatic rings. The van der Waals surface area contributed by atoms with Gasteiger partial charge in [-0.2, -0.15) is 5.26 Å². The summed E-state index contributed by atoms with van der Waals surface area (Å²) in [4.78, 5) is 4.27. The van der Waals surface area contributed by atoms with Crippen molar-refractivity contribution in [1.29, 1.82) is 5.26 Å². The Morgan fingerprint density at radius 2 is 1.87 bits per heavy atom. The number of nitrogens with zero attached hydrogens (tertiary/aromatic N) is 2. The van der Waals surface area contributed by atoms with E-state index >= 15 is 0 Å². The molecule has 23 heavy (non-hydrogen) atoms. The average Bonchev–Trinajstić information content (AvgIpc) is 2.59. The zero-order chi connectivity index (χ0) is 16.7. The van der Waals surface area contributed by atoms with Crippen molar-refractivity contribution in [3.05, 3.63) is 70.8 Å². The maximum Gasteiger partial charge on any atom is 0.191 e. The number of benzene rings is 2. The van der Waals surface area contributed by atoms with Crippen molar-refractivity contribution in [2.45, 2.75) is 26.4 Å². The third-order valence-corrected chi connectivity index (χ3v) is 3.77. The highest BCUT2D eigenvalue weighted by molar-refractivity contribution is 5.80. The van der Waals surface area contributed by atoms with Gasteiger partial charge in [-0.15, -0.1) is 0 Å². The van der Waals surface area contributed by atoms with Crippen LogP contribution in [0.15, 0.2) is 53.5 Å². The Labute approximate surface area is 137 Å². The SMILES string of the molecule is CN=C(NCc1ccc(C#N)cc1)NC(C)c1ccccc1C. The lowest BCUT2D eigenvalue weighted by atomic mass is 10.0. The Kier molecular flexibility index (Phi) is 5.76. The summed E-state index contributed by atoms with van der Waals surface area (Å²) in [6, 6.07) is 18.2. The van der Waals surface area contributed by atoms with Crippen LogP contribution in [0.4, 0.5) is 0 Å². The van der Waals surface area contributed by atoms with Crippen LogP contribution in [-0.2, 0) is 6.54 Å². The van der Waals surface area contributed by atoms with Gasteiger partial charge in [-0.05, 0) is 42.7 Å². The van der Waals surface area contributed by atoms with E-state index < -0.39 is 0 Å². The fourth-order valence-corrected chi connectivity index (χ4v) is 2.43. The molecule has 0 heterocycles. The highest BCUT2D eigenvalue weighted by Crippen LogP contribution is 2.16. The summed E-state index contributed by atoms with van der Waals surface area (Å²) in [6.45, 7) is 4.89. The van der Waals surface area contributed by atoms with Gasteiger partial charge in [-0.1, -0.05) is 36.4 Å². The first-order chi connectivity index (χ1) is 11.1. The van der Waals surface area contributed by atoms with E-state index in [0.717, 1.165) is 11.5 Å². The van der Waals surface area contributed by atoms with Gasteiger partial charge >= 0.3 is 0 Å². The Balaban J connectivity index is 1.95. The number of guanidine groups is 1. The first-order valence-corrected chi connectivity index (χ1v) is 7.65. The van der Waals surface area contributed by atoms with Gasteiger partial charge in [-0.3, -0.25) is 4.99 Å². The van der Waals surface area contributed by atoms with Gasteiger partial charge in [0.1, 0.15) is 0 Å². The molecular formula is C19H22N4. The first-order valence-electron chi connectivity index (χ1n) is 7.65. The molecule has 2 aromatic carbocycles. The summed E-state index contributed by atoms with van der Waals surface area (Å²) in [5, 5.41) is 15.5. The third-order valence-electron chi connectivity index (χ3n) is 3.77. The second-order valence-electron chi connectivity index (χ2n) is 5.46. The number of aryl methyl sites for hydroxylation is 1. The summed E-state index contributed by atoms with van der Waals surface area (Å²) < 4.78 is 0. The van der Waals surface area contributed by atoms with Gasteiger partial charge in [-0.25, -0.2) is 0 Å². The molecule has 118 valence electrons. The Morgan fingerprint density at radius 1 is 1.17 bits per heavy atom. The zero-order valence-corrected chi connectivity index (χ0v) is 13.8. The number of hydrogen-bond donors (Lipinski definition) is 2. The predicted molar refractivity (Wildman–Crippen MR) is 94.1 cm³/mol. The third kappa shape index (κ3) is 4.58. The molecule has 0 aliphatic carbocycles. The number of rotatable bonds is 4. The molecule has 0 radical (unpaired) electrons. The molecular weight excluding hydrogens is 284 g/mol. The molecule has 0 aliphatic heterocycles. The molecule has 4 heteroatoms. The smallest absolute Gasteiger partial charge is 0.191 e. The molecule has 0 aromatic heterocycles. The standard InChI is InChI=1S/C19H22N4/c1-14-6-4-5-7-18(14)15(2)23-19(21-3)22-13-17-10-8-16(12-20)9-11-17/h4-11,15H,13H2,1-3H3,(H2,21,22,23). The molecule has 0 fully saturated rings. The molecule has 2 rings (SSSR count). The van der Waals surface area contributed by atoms with Crippen LogP contribution in [0.25, 0.3) is 0 Å². The predicted octanol–water partition coefficient (Wildman–Crippen LogP) is 3.29. The lowest BCUT2D eigenvalue weighted by Crippen LogP contribution is -2.38. The van der Waals surface area contributed by atoms with Crippen molar-refractivity contribution >= 4 is 5.96 Å². The molecule has 0 bridgehead atoms. The maximum absolute atomic E-state index is 8.82. The van der Waals surface area contributed by atoms with Crippen LogP contribution >= 0.6 is 0 Å². The largest absolute Gasteiger partial charge is 0.352 e. The molecule has 0 amide bonds. The fraction of sp³-hybridized carbons (Fsp3) is 0.263. The van der Waals surface area contributed by atoms with Crippen molar-refractivity contribution in [3.8, 4) is 6.07 Å². The van der Waals surface area contributed by atoms with E-state index in [1.807, 2.05) is 36.4 Å². The van der Waals surface area contributed by atoms with Gasteiger partial charge < -0.3 is 10.6 Å². The van der Waals surface area contributed by atoms with Crippen molar-refractivity contribution in [3.63, 3.8) is 0 Å². The second-order valence-corrected chi connectivity index (χ2v) is 5.46. The van der Waals surface area contributed by atoms with E-state index in [0.29, 0.717) is 12.1 Å². The van der Waals surface area contributed by atoms with E-state index in [1.165, 1.54) is 11.1 Å². The lowest BCUT2D eigenvalue weighted by molar-refractivity contribution is 0.681. The van der Waals surface area contributed by atoms with Crippen molar-refractivity contribution in [2.24, 2.45) is 4.99 Å². The Bertz CT molecular complexity index is 711. The van der Waals surface area contributed by atoms with Gasteiger partial charge in [0, 0.05) is 13.6 Å². The average molecular weight is 306 g/mol. The summed E-state index contributed by atoms with van der Waals surface area (Å²) in [7, 11) is 1.76. The molecule has 2 aromatic rings. The number of nitriles is 1. The fourth-order valence-electron chi connectivity index (χ4n) is 2.43.